The van der Waals surface area contributed by atoms with Gasteiger partial charge in [0, 0.05) is 16.8 Å². The maximum Gasteiger partial charge on any atom is 0.281 e. The number of benzene rings is 3. The van der Waals surface area contributed by atoms with Gasteiger partial charge in [-0.05, 0) is 31.2 Å². The molecule has 30 heavy (non-hydrogen) atoms. The predicted octanol–water partition coefficient (Wildman–Crippen LogP) is 3.66. The van der Waals surface area contributed by atoms with Crippen molar-refractivity contribution < 1.29 is 4.79 Å². The zero-order valence-electron chi connectivity index (χ0n) is 16.4. The molecular formula is C24H20N4O2. The minimum atomic E-state index is -0.347. The molecule has 3 aromatic carbocycles. The number of rotatable bonds is 5. The van der Waals surface area contributed by atoms with Crippen LogP contribution >= 0.6 is 0 Å². The van der Waals surface area contributed by atoms with Gasteiger partial charge in [0.15, 0.2) is 0 Å². The summed E-state index contributed by atoms with van der Waals surface area (Å²) in [4.78, 5) is 25.8. The van der Waals surface area contributed by atoms with Crippen LogP contribution in [0.5, 0.6) is 0 Å². The molecule has 0 spiro atoms. The van der Waals surface area contributed by atoms with Crippen LogP contribution in [0.15, 0.2) is 101 Å². The Morgan fingerprint density at radius 3 is 1.97 bits per heavy atom. The highest BCUT2D eigenvalue weighted by molar-refractivity contribution is 6.13. The van der Waals surface area contributed by atoms with Crippen molar-refractivity contribution in [2.45, 2.75) is 6.92 Å². The summed E-state index contributed by atoms with van der Waals surface area (Å²) in [5.41, 5.74) is 5.73. The minimum Gasteiger partial charge on any atom is -0.295 e. The van der Waals surface area contributed by atoms with Gasteiger partial charge in [-0.2, -0.15) is 5.10 Å². The van der Waals surface area contributed by atoms with E-state index in [-0.39, 0.29) is 11.5 Å². The SMILES string of the molecule is Cc1[nH]n(-c2ccccc2)c(=O)c1C(=NNC(=O)c1ccccc1)c1ccccc1. The maximum atomic E-state index is 13.3. The van der Waals surface area contributed by atoms with Crippen LogP contribution in [0.25, 0.3) is 5.69 Å². The van der Waals surface area contributed by atoms with Crippen LogP contribution in [0, 0.1) is 6.92 Å². The third-order valence-corrected chi connectivity index (χ3v) is 4.68. The minimum absolute atomic E-state index is 0.240. The van der Waals surface area contributed by atoms with Crippen molar-refractivity contribution in [1.82, 2.24) is 15.2 Å². The molecule has 0 saturated heterocycles. The van der Waals surface area contributed by atoms with Crippen molar-refractivity contribution in [3.63, 3.8) is 0 Å². The van der Waals surface area contributed by atoms with Crippen LogP contribution in [0.4, 0.5) is 0 Å². The van der Waals surface area contributed by atoms with E-state index in [1.165, 1.54) is 4.68 Å². The fourth-order valence-corrected chi connectivity index (χ4v) is 3.21. The lowest BCUT2D eigenvalue weighted by Gasteiger charge is -2.06. The van der Waals surface area contributed by atoms with Gasteiger partial charge in [-0.25, -0.2) is 10.1 Å². The van der Waals surface area contributed by atoms with Gasteiger partial charge < -0.3 is 0 Å². The topological polar surface area (TPSA) is 79.2 Å². The van der Waals surface area contributed by atoms with Crippen molar-refractivity contribution in [2.24, 2.45) is 5.10 Å². The summed E-state index contributed by atoms with van der Waals surface area (Å²) < 4.78 is 1.47. The lowest BCUT2D eigenvalue weighted by molar-refractivity contribution is 0.0955. The largest absolute Gasteiger partial charge is 0.295 e. The first-order valence-electron chi connectivity index (χ1n) is 9.51. The molecule has 6 heteroatoms. The molecule has 4 rings (SSSR count). The molecule has 0 radical (unpaired) electrons. The first kappa shape index (κ1) is 19.1. The van der Waals surface area contributed by atoms with Gasteiger partial charge in [0.2, 0.25) is 0 Å². The van der Waals surface area contributed by atoms with E-state index in [0.717, 1.165) is 11.3 Å². The number of H-pyrrole nitrogens is 1. The highest BCUT2D eigenvalue weighted by Gasteiger charge is 2.20. The van der Waals surface area contributed by atoms with E-state index in [4.69, 9.17) is 0 Å². The fourth-order valence-electron chi connectivity index (χ4n) is 3.21. The van der Waals surface area contributed by atoms with Gasteiger partial charge >= 0.3 is 0 Å². The number of hydrazone groups is 1. The second-order valence-electron chi connectivity index (χ2n) is 6.72. The number of hydrogen-bond acceptors (Lipinski definition) is 3. The van der Waals surface area contributed by atoms with Crippen molar-refractivity contribution in [3.05, 3.63) is 124 Å². The second kappa shape index (κ2) is 8.45. The average molecular weight is 396 g/mol. The summed E-state index contributed by atoms with van der Waals surface area (Å²) in [6, 6.07) is 27.4. The Morgan fingerprint density at radius 2 is 1.37 bits per heavy atom. The van der Waals surface area contributed by atoms with E-state index in [1.54, 1.807) is 24.3 Å². The molecule has 0 bridgehead atoms. The van der Waals surface area contributed by atoms with Gasteiger partial charge in [-0.3, -0.25) is 14.7 Å². The van der Waals surface area contributed by atoms with Crippen molar-refractivity contribution in [1.29, 1.82) is 0 Å². The molecule has 4 aromatic rings. The Kier molecular flexibility index (Phi) is 5.39. The highest BCUT2D eigenvalue weighted by Crippen LogP contribution is 2.13. The number of amides is 1. The van der Waals surface area contributed by atoms with Crippen molar-refractivity contribution in [2.75, 3.05) is 0 Å². The van der Waals surface area contributed by atoms with Crippen molar-refractivity contribution in [3.8, 4) is 5.69 Å². The number of aromatic amines is 1. The molecule has 1 aromatic heterocycles. The Balaban J connectivity index is 1.79. The monoisotopic (exact) mass is 396 g/mol. The molecule has 1 amide bonds. The van der Waals surface area contributed by atoms with E-state index in [2.05, 4.69) is 15.6 Å². The number of carbonyl (C=O) groups excluding carboxylic acids is 1. The molecule has 0 fully saturated rings. The Hall–Kier alpha value is -4.19. The number of hydrogen-bond donors (Lipinski definition) is 2. The summed E-state index contributed by atoms with van der Waals surface area (Å²) in [7, 11) is 0. The van der Waals surface area contributed by atoms with Crippen molar-refractivity contribution >= 4 is 11.6 Å². The van der Waals surface area contributed by atoms with Crippen LogP contribution in [0.1, 0.15) is 27.2 Å². The molecule has 0 atom stereocenters. The second-order valence-corrected chi connectivity index (χ2v) is 6.72. The van der Waals surface area contributed by atoms with Crippen LogP contribution in [0.2, 0.25) is 0 Å². The third kappa shape index (κ3) is 3.84. The Morgan fingerprint density at radius 1 is 0.833 bits per heavy atom. The van der Waals surface area contributed by atoms with E-state index in [0.29, 0.717) is 22.5 Å². The molecule has 2 N–H and O–H groups in total. The fraction of sp³-hybridized carbons (Fsp3) is 0.0417. The summed E-state index contributed by atoms with van der Waals surface area (Å²) in [6.45, 7) is 1.81. The number of para-hydroxylation sites is 1. The molecule has 0 aliphatic carbocycles. The number of nitrogens with zero attached hydrogens (tertiary/aromatic N) is 2. The molecule has 1 heterocycles. The lowest BCUT2D eigenvalue weighted by atomic mass is 10.0. The zero-order valence-corrected chi connectivity index (χ0v) is 16.4. The van der Waals surface area contributed by atoms with Gasteiger partial charge in [0.05, 0.1) is 11.3 Å². The van der Waals surface area contributed by atoms with Gasteiger partial charge in [0.25, 0.3) is 11.5 Å². The number of carbonyl (C=O) groups is 1. The Labute approximate surface area is 173 Å². The summed E-state index contributed by atoms with van der Waals surface area (Å²) in [5.74, 6) is -0.347. The first-order chi connectivity index (χ1) is 14.6. The van der Waals surface area contributed by atoms with E-state index in [1.807, 2.05) is 73.7 Å². The van der Waals surface area contributed by atoms with E-state index in [9.17, 15) is 9.59 Å². The standard InChI is InChI=1S/C24H20N4O2/c1-17-21(24(30)28(27-17)20-15-9-4-10-16-20)22(18-11-5-2-6-12-18)25-26-23(29)19-13-7-3-8-14-19/h2-16,27H,1H3,(H,26,29). The summed E-state index contributed by atoms with van der Waals surface area (Å²) in [6.07, 6.45) is 0. The van der Waals surface area contributed by atoms with E-state index < -0.39 is 0 Å². The summed E-state index contributed by atoms with van der Waals surface area (Å²) >= 11 is 0. The van der Waals surface area contributed by atoms with Crippen LogP contribution in [-0.4, -0.2) is 21.4 Å². The number of aromatic nitrogens is 2. The predicted molar refractivity (Wildman–Crippen MR) is 117 cm³/mol. The highest BCUT2D eigenvalue weighted by atomic mass is 16.2. The van der Waals surface area contributed by atoms with Gasteiger partial charge in [0.1, 0.15) is 5.71 Å². The summed E-state index contributed by atoms with van der Waals surface area (Å²) in [5, 5.41) is 7.46. The lowest BCUT2D eigenvalue weighted by Crippen LogP contribution is -2.25. The quantitative estimate of drug-likeness (QED) is 0.399. The maximum absolute atomic E-state index is 13.3. The zero-order chi connectivity index (χ0) is 20.9. The molecule has 148 valence electrons. The van der Waals surface area contributed by atoms with Crippen LogP contribution in [0.3, 0.4) is 0 Å². The van der Waals surface area contributed by atoms with Gasteiger partial charge in [-0.15, -0.1) is 0 Å². The average Bonchev–Trinajstić information content (AvgIpc) is 3.10. The van der Waals surface area contributed by atoms with E-state index >= 15 is 0 Å². The first-order valence-corrected chi connectivity index (χ1v) is 9.51. The number of aryl methyl sites for hydroxylation is 1. The third-order valence-electron chi connectivity index (χ3n) is 4.68. The Bertz CT molecular complexity index is 1240. The molecule has 0 unspecified atom stereocenters. The molecule has 6 nitrogen and oxygen atoms in total. The number of nitrogens with one attached hydrogen (secondary N) is 2. The smallest absolute Gasteiger partial charge is 0.281 e. The molecular weight excluding hydrogens is 376 g/mol. The molecule has 0 aliphatic rings. The van der Waals surface area contributed by atoms with Gasteiger partial charge in [-0.1, -0.05) is 66.7 Å². The van der Waals surface area contributed by atoms with Crippen LogP contribution in [-0.2, 0) is 0 Å². The normalized spacial score (nSPS) is 11.3. The molecule has 0 aliphatic heterocycles. The molecule has 0 saturated carbocycles. The van der Waals surface area contributed by atoms with Crippen LogP contribution < -0.4 is 11.0 Å².